The molecule has 1 aromatic carbocycles. The highest BCUT2D eigenvalue weighted by Gasteiger charge is 2.08. The van der Waals surface area contributed by atoms with Gasteiger partial charge in [-0.05, 0) is 30.5 Å². The second-order valence-corrected chi connectivity index (χ2v) is 5.63. The van der Waals surface area contributed by atoms with Gasteiger partial charge in [0, 0.05) is 10.5 Å². The summed E-state index contributed by atoms with van der Waals surface area (Å²) < 4.78 is 0. The number of nitrogens with zero attached hydrogens (tertiary/aromatic N) is 1. The van der Waals surface area contributed by atoms with Gasteiger partial charge < -0.3 is 5.73 Å². The molecule has 0 aliphatic carbocycles. The largest absolute Gasteiger partial charge is 0.320 e. The summed E-state index contributed by atoms with van der Waals surface area (Å²) in [6.07, 6.45) is 3.62. The Balaban J connectivity index is 2.05. The van der Waals surface area contributed by atoms with E-state index in [2.05, 4.69) is 22.1 Å². The van der Waals surface area contributed by atoms with Crippen LogP contribution >= 0.6 is 23.1 Å². The molecule has 2 aromatic rings. The van der Waals surface area contributed by atoms with Gasteiger partial charge in [0.25, 0.3) is 5.91 Å². The van der Waals surface area contributed by atoms with E-state index in [0.717, 1.165) is 9.77 Å². The van der Waals surface area contributed by atoms with Gasteiger partial charge in [0.15, 0.2) is 5.13 Å². The maximum atomic E-state index is 12.0. The molecule has 0 aliphatic heterocycles. The third-order valence-corrected chi connectivity index (χ3v) is 3.96. The van der Waals surface area contributed by atoms with Crippen LogP contribution in [0.15, 0.2) is 35.4 Å². The van der Waals surface area contributed by atoms with E-state index in [9.17, 15) is 4.79 Å². The van der Waals surface area contributed by atoms with Gasteiger partial charge in [-0.15, -0.1) is 11.8 Å². The molecule has 4 nitrogen and oxygen atoms in total. The Labute approximate surface area is 125 Å². The van der Waals surface area contributed by atoms with E-state index in [1.807, 2.05) is 18.4 Å². The Hall–Kier alpha value is -1.81. The molecule has 6 heteroatoms. The van der Waals surface area contributed by atoms with Crippen LogP contribution in [0.25, 0.3) is 0 Å². The minimum Gasteiger partial charge on any atom is -0.320 e. The molecular formula is C14H13N3OS2. The lowest BCUT2D eigenvalue weighted by atomic mass is 10.2. The SMILES string of the molecule is CSc1ccc(C(=O)Nc2ncc(C#CCN)s2)cc1. The Morgan fingerprint density at radius 3 is 2.85 bits per heavy atom. The first-order valence-electron chi connectivity index (χ1n) is 5.83. The Kier molecular flexibility index (Phi) is 5.18. The van der Waals surface area contributed by atoms with Crippen LogP contribution in [-0.4, -0.2) is 23.7 Å². The molecule has 0 radical (unpaired) electrons. The highest BCUT2D eigenvalue weighted by molar-refractivity contribution is 7.98. The summed E-state index contributed by atoms with van der Waals surface area (Å²) in [4.78, 5) is 18.0. The molecule has 0 aliphatic rings. The van der Waals surface area contributed by atoms with E-state index < -0.39 is 0 Å². The summed E-state index contributed by atoms with van der Waals surface area (Å²) in [5, 5.41) is 3.29. The van der Waals surface area contributed by atoms with Crippen LogP contribution < -0.4 is 11.1 Å². The van der Waals surface area contributed by atoms with Gasteiger partial charge in [-0.2, -0.15) is 0 Å². The molecular weight excluding hydrogens is 290 g/mol. The van der Waals surface area contributed by atoms with Gasteiger partial charge in [0.2, 0.25) is 0 Å². The van der Waals surface area contributed by atoms with Crippen molar-refractivity contribution in [2.45, 2.75) is 4.90 Å². The molecule has 0 spiro atoms. The molecule has 1 aromatic heterocycles. The normalized spacial score (nSPS) is 9.70. The third kappa shape index (κ3) is 3.84. The fourth-order valence-electron chi connectivity index (χ4n) is 1.44. The van der Waals surface area contributed by atoms with Gasteiger partial charge in [-0.3, -0.25) is 10.1 Å². The van der Waals surface area contributed by atoms with Gasteiger partial charge in [0.1, 0.15) is 0 Å². The summed E-state index contributed by atoms with van der Waals surface area (Å²) in [5.41, 5.74) is 5.91. The van der Waals surface area contributed by atoms with Gasteiger partial charge in [-0.1, -0.05) is 23.2 Å². The molecule has 0 atom stereocenters. The van der Waals surface area contributed by atoms with Crippen molar-refractivity contribution in [2.24, 2.45) is 5.73 Å². The number of anilines is 1. The predicted molar refractivity (Wildman–Crippen MR) is 84.2 cm³/mol. The first-order valence-corrected chi connectivity index (χ1v) is 7.87. The number of nitrogens with two attached hydrogens (primary N) is 1. The highest BCUT2D eigenvalue weighted by atomic mass is 32.2. The average Bonchev–Trinajstić information content (AvgIpc) is 2.92. The van der Waals surface area contributed by atoms with Crippen molar-refractivity contribution < 1.29 is 4.79 Å². The lowest BCUT2D eigenvalue weighted by Gasteiger charge is -2.02. The predicted octanol–water partition coefficient (Wildman–Crippen LogP) is 2.43. The molecule has 0 unspecified atom stereocenters. The van der Waals surface area contributed by atoms with Gasteiger partial charge in [-0.25, -0.2) is 4.98 Å². The topological polar surface area (TPSA) is 68.0 Å². The van der Waals surface area contributed by atoms with Crippen molar-refractivity contribution in [1.29, 1.82) is 0 Å². The number of amides is 1. The first-order chi connectivity index (χ1) is 9.72. The number of nitrogens with one attached hydrogen (secondary N) is 1. The van der Waals surface area contributed by atoms with Gasteiger partial charge >= 0.3 is 0 Å². The minimum atomic E-state index is -0.176. The monoisotopic (exact) mass is 303 g/mol. The molecule has 0 saturated carbocycles. The van der Waals surface area contributed by atoms with Crippen molar-refractivity contribution in [2.75, 3.05) is 18.1 Å². The fourth-order valence-corrected chi connectivity index (χ4v) is 2.53. The Morgan fingerprint density at radius 1 is 1.45 bits per heavy atom. The number of carbonyl (C=O) groups excluding carboxylic acids is 1. The summed E-state index contributed by atoms with van der Waals surface area (Å²) in [6.45, 7) is 0.307. The number of thiazole rings is 1. The van der Waals surface area contributed by atoms with Crippen LogP contribution in [-0.2, 0) is 0 Å². The number of hydrogen-bond donors (Lipinski definition) is 2. The highest BCUT2D eigenvalue weighted by Crippen LogP contribution is 2.19. The second-order valence-electron chi connectivity index (χ2n) is 3.72. The van der Waals surface area contributed by atoms with Crippen molar-refractivity contribution in [1.82, 2.24) is 4.98 Å². The van der Waals surface area contributed by atoms with Crippen LogP contribution in [0.4, 0.5) is 5.13 Å². The van der Waals surface area contributed by atoms with Crippen molar-refractivity contribution in [3.63, 3.8) is 0 Å². The van der Waals surface area contributed by atoms with Crippen molar-refractivity contribution in [3.05, 3.63) is 40.9 Å². The Morgan fingerprint density at radius 2 is 2.20 bits per heavy atom. The maximum Gasteiger partial charge on any atom is 0.257 e. The smallest absolute Gasteiger partial charge is 0.257 e. The van der Waals surface area contributed by atoms with Crippen LogP contribution in [0.5, 0.6) is 0 Å². The maximum absolute atomic E-state index is 12.0. The molecule has 2 rings (SSSR count). The summed E-state index contributed by atoms with van der Waals surface area (Å²) in [6, 6.07) is 7.42. The molecule has 0 bridgehead atoms. The Bertz CT molecular complexity index is 653. The number of thioether (sulfide) groups is 1. The molecule has 0 saturated heterocycles. The summed E-state index contributed by atoms with van der Waals surface area (Å²) in [7, 11) is 0. The van der Waals surface area contributed by atoms with Crippen molar-refractivity contribution in [3.8, 4) is 11.8 Å². The molecule has 0 fully saturated rings. The second kappa shape index (κ2) is 7.10. The third-order valence-electron chi connectivity index (χ3n) is 2.39. The van der Waals surface area contributed by atoms with Crippen molar-refractivity contribution >= 4 is 34.1 Å². The zero-order chi connectivity index (χ0) is 14.4. The fraction of sp³-hybridized carbons (Fsp3) is 0.143. The van der Waals surface area contributed by atoms with E-state index in [0.29, 0.717) is 17.2 Å². The molecule has 20 heavy (non-hydrogen) atoms. The molecule has 102 valence electrons. The van der Waals surface area contributed by atoms with Crippen LogP contribution in [0.3, 0.4) is 0 Å². The quantitative estimate of drug-likeness (QED) is 0.675. The van der Waals surface area contributed by atoms with E-state index in [1.165, 1.54) is 11.3 Å². The van der Waals surface area contributed by atoms with E-state index in [-0.39, 0.29) is 5.91 Å². The molecule has 1 heterocycles. The van der Waals surface area contributed by atoms with E-state index >= 15 is 0 Å². The minimum absolute atomic E-state index is 0.176. The summed E-state index contributed by atoms with van der Waals surface area (Å²) >= 11 is 2.96. The molecule has 3 N–H and O–H groups in total. The first kappa shape index (κ1) is 14.6. The van der Waals surface area contributed by atoms with E-state index in [4.69, 9.17) is 5.73 Å². The lowest BCUT2D eigenvalue weighted by Crippen LogP contribution is -2.11. The number of aromatic nitrogens is 1. The molecule has 1 amide bonds. The lowest BCUT2D eigenvalue weighted by molar-refractivity contribution is 0.102. The van der Waals surface area contributed by atoms with Crippen LogP contribution in [0, 0.1) is 11.8 Å². The summed E-state index contributed by atoms with van der Waals surface area (Å²) in [5.74, 6) is 5.45. The van der Waals surface area contributed by atoms with E-state index in [1.54, 1.807) is 30.1 Å². The average molecular weight is 303 g/mol. The number of rotatable bonds is 3. The van der Waals surface area contributed by atoms with Gasteiger partial charge in [0.05, 0.1) is 17.6 Å². The zero-order valence-electron chi connectivity index (χ0n) is 10.8. The standard InChI is InChI=1S/C14H13N3OS2/c1-19-11-6-4-10(5-7-11)13(18)17-14-16-9-12(20-14)3-2-8-15/h4-7,9H,8,15H2,1H3,(H,16,17,18). The van der Waals surface area contributed by atoms with Crippen LogP contribution in [0.1, 0.15) is 15.2 Å². The number of carbonyl (C=O) groups is 1. The number of hydrogen-bond acceptors (Lipinski definition) is 5. The number of benzene rings is 1. The van der Waals surface area contributed by atoms with Crippen LogP contribution in [0.2, 0.25) is 0 Å². The zero-order valence-corrected chi connectivity index (χ0v) is 12.5.